The zero-order valence-corrected chi connectivity index (χ0v) is 9.90. The van der Waals surface area contributed by atoms with E-state index in [0.717, 1.165) is 23.4 Å². The van der Waals surface area contributed by atoms with Crippen LogP contribution in [0.25, 0.3) is 0 Å². The number of nitrogens with two attached hydrogens (primary N) is 1. The molecule has 2 N–H and O–H groups in total. The highest BCUT2D eigenvalue weighted by Crippen LogP contribution is 2.42. The average molecular weight is 266 g/mol. The van der Waals surface area contributed by atoms with Gasteiger partial charge in [-0.2, -0.15) is 13.2 Å². The maximum absolute atomic E-state index is 11.9. The molecule has 3 nitrogen and oxygen atoms in total. The minimum Gasteiger partial charge on any atom is -0.365 e. The fourth-order valence-corrected chi connectivity index (χ4v) is 2.52. The van der Waals surface area contributed by atoms with Crippen molar-refractivity contribution >= 4 is 11.3 Å². The summed E-state index contributed by atoms with van der Waals surface area (Å²) < 4.78 is 40.2. The number of halogens is 3. The van der Waals surface area contributed by atoms with Crippen molar-refractivity contribution in [2.45, 2.75) is 38.1 Å². The number of hydrogen-bond acceptors (Lipinski definition) is 4. The molecule has 2 rings (SSSR count). The summed E-state index contributed by atoms with van der Waals surface area (Å²) in [5.74, 6) is 0.459. The summed E-state index contributed by atoms with van der Waals surface area (Å²) >= 11 is 1.35. The molecule has 0 radical (unpaired) electrons. The molecule has 96 valence electrons. The fraction of sp³-hybridized carbons (Fsp3) is 0.700. The largest absolute Gasteiger partial charge is 0.411 e. The zero-order valence-electron chi connectivity index (χ0n) is 9.09. The van der Waals surface area contributed by atoms with Gasteiger partial charge < -0.3 is 10.5 Å². The summed E-state index contributed by atoms with van der Waals surface area (Å²) in [7, 11) is 0. The van der Waals surface area contributed by atoms with E-state index in [1.807, 2.05) is 0 Å². The van der Waals surface area contributed by atoms with Crippen molar-refractivity contribution in [3.8, 4) is 0 Å². The van der Waals surface area contributed by atoms with E-state index in [1.54, 1.807) is 0 Å². The number of thiazole rings is 1. The molecule has 0 aliphatic heterocycles. The number of ether oxygens (including phenoxy) is 1. The summed E-state index contributed by atoms with van der Waals surface area (Å²) in [5.41, 5.74) is 6.54. The molecule has 1 aliphatic rings. The van der Waals surface area contributed by atoms with Gasteiger partial charge in [-0.3, -0.25) is 0 Å². The number of rotatable bonds is 5. The van der Waals surface area contributed by atoms with Gasteiger partial charge in [0.05, 0.1) is 12.3 Å². The van der Waals surface area contributed by atoms with Crippen LogP contribution in [0.1, 0.15) is 34.3 Å². The van der Waals surface area contributed by atoms with Crippen molar-refractivity contribution in [3.63, 3.8) is 0 Å². The van der Waals surface area contributed by atoms with Gasteiger partial charge in [0, 0.05) is 17.3 Å². The van der Waals surface area contributed by atoms with Crippen LogP contribution in [0, 0.1) is 0 Å². The number of hydrogen-bond donors (Lipinski definition) is 1. The molecule has 0 saturated heterocycles. The van der Waals surface area contributed by atoms with Crippen LogP contribution in [0.2, 0.25) is 0 Å². The lowest BCUT2D eigenvalue weighted by Crippen LogP contribution is -2.16. The smallest absolute Gasteiger partial charge is 0.365 e. The number of nitrogens with zero attached hydrogens (tertiary/aromatic N) is 1. The van der Waals surface area contributed by atoms with E-state index in [-0.39, 0.29) is 6.61 Å². The van der Waals surface area contributed by atoms with E-state index < -0.39 is 12.8 Å². The number of aromatic nitrogens is 1. The van der Waals surface area contributed by atoms with Crippen LogP contribution in [0.5, 0.6) is 0 Å². The first-order chi connectivity index (χ1) is 7.99. The minimum absolute atomic E-state index is 0.0934. The van der Waals surface area contributed by atoms with Gasteiger partial charge in [0.1, 0.15) is 11.6 Å². The third-order valence-corrected chi connectivity index (χ3v) is 3.48. The molecular formula is C10H13F3N2OS. The molecule has 0 bridgehead atoms. The Morgan fingerprint density at radius 1 is 1.41 bits per heavy atom. The maximum Gasteiger partial charge on any atom is 0.411 e. The summed E-state index contributed by atoms with van der Waals surface area (Å²) in [5, 5.41) is 0.580. The van der Waals surface area contributed by atoms with Crippen molar-refractivity contribution in [3.05, 3.63) is 15.6 Å². The Labute approximate surface area is 101 Å². The summed E-state index contributed by atoms with van der Waals surface area (Å²) in [6, 6.07) is 0. The van der Waals surface area contributed by atoms with Crippen molar-refractivity contribution in [2.75, 3.05) is 6.61 Å². The fourth-order valence-electron chi connectivity index (χ4n) is 1.55. The average Bonchev–Trinajstić information content (AvgIpc) is 2.99. The van der Waals surface area contributed by atoms with Crippen LogP contribution in [0.4, 0.5) is 13.2 Å². The quantitative estimate of drug-likeness (QED) is 0.891. The molecule has 1 aromatic rings. The summed E-state index contributed by atoms with van der Waals surface area (Å²) in [6.45, 7) is -0.935. The topological polar surface area (TPSA) is 48.1 Å². The van der Waals surface area contributed by atoms with Crippen LogP contribution < -0.4 is 5.73 Å². The lowest BCUT2D eigenvalue weighted by molar-refractivity contribution is -0.176. The van der Waals surface area contributed by atoms with E-state index in [2.05, 4.69) is 9.72 Å². The van der Waals surface area contributed by atoms with E-state index in [1.165, 1.54) is 11.3 Å². The first-order valence-corrected chi connectivity index (χ1v) is 6.14. The molecule has 0 spiro atoms. The van der Waals surface area contributed by atoms with Crippen LogP contribution in [-0.2, 0) is 17.9 Å². The third-order valence-electron chi connectivity index (χ3n) is 2.41. The van der Waals surface area contributed by atoms with Gasteiger partial charge in [-0.15, -0.1) is 11.3 Å². The molecule has 0 unspecified atom stereocenters. The molecule has 0 amide bonds. The van der Waals surface area contributed by atoms with Gasteiger partial charge in [-0.25, -0.2) is 4.98 Å². The Kier molecular flexibility index (Phi) is 3.70. The molecule has 0 aromatic carbocycles. The molecule has 1 aromatic heterocycles. The van der Waals surface area contributed by atoms with Gasteiger partial charge in [-0.05, 0) is 12.8 Å². The van der Waals surface area contributed by atoms with Gasteiger partial charge in [0.2, 0.25) is 0 Å². The van der Waals surface area contributed by atoms with E-state index in [9.17, 15) is 13.2 Å². The SMILES string of the molecule is NCc1sc(COCC(F)(F)F)nc1C1CC1. The van der Waals surface area contributed by atoms with Gasteiger partial charge >= 0.3 is 6.18 Å². The molecule has 7 heteroatoms. The van der Waals surface area contributed by atoms with Crippen molar-refractivity contribution in [1.29, 1.82) is 0 Å². The maximum atomic E-state index is 11.9. The Hall–Kier alpha value is -0.660. The first-order valence-electron chi connectivity index (χ1n) is 5.32. The van der Waals surface area contributed by atoms with Crippen LogP contribution in [-0.4, -0.2) is 17.8 Å². The van der Waals surface area contributed by atoms with Gasteiger partial charge in [-0.1, -0.05) is 0 Å². The second-order valence-corrected chi connectivity index (χ2v) is 5.17. The Balaban J connectivity index is 1.92. The Morgan fingerprint density at radius 2 is 2.12 bits per heavy atom. The second-order valence-electron chi connectivity index (χ2n) is 4.00. The van der Waals surface area contributed by atoms with Crippen molar-refractivity contribution in [2.24, 2.45) is 5.73 Å². The minimum atomic E-state index is -4.28. The Morgan fingerprint density at radius 3 is 2.65 bits per heavy atom. The molecule has 17 heavy (non-hydrogen) atoms. The monoisotopic (exact) mass is 266 g/mol. The molecule has 0 atom stereocenters. The predicted molar refractivity (Wildman–Crippen MR) is 57.7 cm³/mol. The lowest BCUT2D eigenvalue weighted by atomic mass is 10.2. The van der Waals surface area contributed by atoms with Crippen molar-refractivity contribution in [1.82, 2.24) is 4.98 Å². The molecule has 1 saturated carbocycles. The second kappa shape index (κ2) is 4.91. The first kappa shape index (κ1) is 12.8. The van der Waals surface area contributed by atoms with Crippen LogP contribution in [0.3, 0.4) is 0 Å². The highest BCUT2D eigenvalue weighted by molar-refractivity contribution is 7.11. The lowest BCUT2D eigenvalue weighted by Gasteiger charge is -2.05. The van der Waals surface area contributed by atoms with E-state index in [4.69, 9.17) is 5.73 Å². The summed E-state index contributed by atoms with van der Waals surface area (Å²) in [4.78, 5) is 5.28. The number of alkyl halides is 3. The molecular weight excluding hydrogens is 253 g/mol. The van der Waals surface area contributed by atoms with Crippen LogP contribution >= 0.6 is 11.3 Å². The molecule has 1 aliphatic carbocycles. The van der Waals surface area contributed by atoms with E-state index >= 15 is 0 Å². The van der Waals surface area contributed by atoms with Gasteiger partial charge in [0.15, 0.2) is 0 Å². The van der Waals surface area contributed by atoms with Crippen molar-refractivity contribution < 1.29 is 17.9 Å². The van der Waals surface area contributed by atoms with E-state index in [0.29, 0.717) is 17.5 Å². The molecule has 1 heterocycles. The standard InChI is InChI=1S/C10H13F3N2OS/c11-10(12,13)5-16-4-8-15-9(6-1-2-6)7(3-14)17-8/h6H,1-5,14H2. The van der Waals surface area contributed by atoms with Crippen LogP contribution in [0.15, 0.2) is 0 Å². The third kappa shape index (κ3) is 3.65. The zero-order chi connectivity index (χ0) is 12.5. The highest BCUT2D eigenvalue weighted by atomic mass is 32.1. The Bertz CT molecular complexity index is 387. The summed E-state index contributed by atoms with van der Waals surface area (Å²) in [6.07, 6.45) is -2.09. The highest BCUT2D eigenvalue weighted by Gasteiger charge is 2.30. The predicted octanol–water partition coefficient (Wildman–Crippen LogP) is 2.56. The van der Waals surface area contributed by atoms with Gasteiger partial charge in [0.25, 0.3) is 0 Å². The molecule has 1 fully saturated rings. The normalized spacial score (nSPS) is 16.5.